The van der Waals surface area contributed by atoms with Gasteiger partial charge < -0.3 is 0 Å². The maximum atomic E-state index is 11.4. The van der Waals surface area contributed by atoms with Crippen LogP contribution in [0.25, 0.3) is 16.9 Å². The molecule has 3 rings (SSSR count). The number of para-hydroxylation sites is 1. The molecule has 0 bridgehead atoms. The number of carbonyl (C=O) groups is 1. The average Bonchev–Trinajstić information content (AvgIpc) is 2.92. The van der Waals surface area contributed by atoms with E-state index in [0.29, 0.717) is 11.3 Å². The first-order valence-corrected chi connectivity index (χ1v) is 8.12. The minimum absolute atomic E-state index is 0.579. The molecule has 0 fully saturated rings. The number of hydrogen-bond donors (Lipinski definition) is 0. The molecular weight excluding hydrogens is 443 g/mol. The zero-order valence-corrected chi connectivity index (χ0v) is 14.6. The maximum absolute atomic E-state index is 11.4. The second-order valence-corrected chi connectivity index (χ2v) is 6.44. The number of halogens is 2. The lowest BCUT2D eigenvalue weighted by molar-refractivity contribution is 0.112. The summed E-state index contributed by atoms with van der Waals surface area (Å²) in [6.45, 7) is 0. The van der Waals surface area contributed by atoms with E-state index in [1.54, 1.807) is 10.9 Å². The van der Waals surface area contributed by atoms with Crippen molar-refractivity contribution in [1.82, 2.24) is 9.78 Å². The van der Waals surface area contributed by atoms with Crippen LogP contribution in [0.15, 0.2) is 59.2 Å². The van der Waals surface area contributed by atoms with Crippen molar-refractivity contribution < 1.29 is 4.79 Å². The number of benzene rings is 2. The molecule has 0 aliphatic rings. The highest BCUT2D eigenvalue weighted by molar-refractivity contribution is 14.1. The van der Waals surface area contributed by atoms with Gasteiger partial charge in [-0.15, -0.1) is 0 Å². The van der Waals surface area contributed by atoms with Crippen molar-refractivity contribution in [1.29, 1.82) is 0 Å². The van der Waals surface area contributed by atoms with Crippen molar-refractivity contribution in [3.05, 3.63) is 68.3 Å². The van der Waals surface area contributed by atoms with Crippen LogP contribution in [0.2, 0.25) is 0 Å². The lowest BCUT2D eigenvalue weighted by Gasteiger charge is -2.04. The fourth-order valence-electron chi connectivity index (χ4n) is 2.10. The third kappa shape index (κ3) is 2.80. The lowest BCUT2D eigenvalue weighted by atomic mass is 10.1. The fraction of sp³-hybridized carbons (Fsp3) is 0. The molecule has 0 unspecified atom stereocenters. The average molecular weight is 453 g/mol. The molecule has 0 amide bonds. The molecule has 0 saturated carbocycles. The van der Waals surface area contributed by atoms with Crippen LogP contribution in [-0.4, -0.2) is 16.1 Å². The van der Waals surface area contributed by atoms with Crippen LogP contribution in [0.4, 0.5) is 0 Å². The molecule has 0 spiro atoms. The van der Waals surface area contributed by atoms with Gasteiger partial charge in [-0.25, -0.2) is 4.68 Å². The summed E-state index contributed by atoms with van der Waals surface area (Å²) in [6, 6.07) is 15.7. The topological polar surface area (TPSA) is 34.9 Å². The molecular formula is C16H10BrIN2O. The van der Waals surface area contributed by atoms with Crippen molar-refractivity contribution in [2.24, 2.45) is 0 Å². The Labute approximate surface area is 144 Å². The third-order valence-corrected chi connectivity index (χ3v) is 4.71. The number of carbonyl (C=O) groups excluding carboxylic acids is 1. The molecule has 0 aliphatic heterocycles. The molecule has 1 aromatic heterocycles. The van der Waals surface area contributed by atoms with Crippen LogP contribution < -0.4 is 0 Å². The van der Waals surface area contributed by atoms with E-state index in [2.05, 4.69) is 43.6 Å². The van der Waals surface area contributed by atoms with Crippen LogP contribution in [-0.2, 0) is 0 Å². The van der Waals surface area contributed by atoms with Crippen LogP contribution >= 0.6 is 38.5 Å². The third-order valence-electron chi connectivity index (χ3n) is 3.10. The Morgan fingerprint density at radius 3 is 2.52 bits per heavy atom. The summed E-state index contributed by atoms with van der Waals surface area (Å²) < 4.78 is 3.72. The zero-order valence-electron chi connectivity index (χ0n) is 10.8. The van der Waals surface area contributed by atoms with E-state index in [9.17, 15) is 4.79 Å². The van der Waals surface area contributed by atoms with Gasteiger partial charge in [-0.1, -0.05) is 30.3 Å². The molecule has 5 heteroatoms. The standard InChI is InChI=1S/C16H10BrIN2O/c17-13-6-2-4-8-15(13)20-9-11(10-21)16(19-20)12-5-1-3-7-14(12)18/h1-10H. The predicted molar refractivity (Wildman–Crippen MR) is 94.8 cm³/mol. The number of nitrogens with zero attached hydrogens (tertiary/aromatic N) is 2. The van der Waals surface area contributed by atoms with Gasteiger partial charge in [0.25, 0.3) is 0 Å². The van der Waals surface area contributed by atoms with E-state index >= 15 is 0 Å². The SMILES string of the molecule is O=Cc1cn(-c2ccccc2Br)nc1-c1ccccc1I. The molecule has 104 valence electrons. The van der Waals surface area contributed by atoms with Gasteiger partial charge in [0, 0.05) is 19.8 Å². The largest absolute Gasteiger partial charge is 0.298 e. The molecule has 2 aromatic carbocycles. The van der Waals surface area contributed by atoms with E-state index in [1.165, 1.54) is 0 Å². The number of rotatable bonds is 3. The highest BCUT2D eigenvalue weighted by Gasteiger charge is 2.14. The van der Waals surface area contributed by atoms with Crippen molar-refractivity contribution in [2.75, 3.05) is 0 Å². The highest BCUT2D eigenvalue weighted by atomic mass is 127. The Balaban J connectivity index is 2.18. The highest BCUT2D eigenvalue weighted by Crippen LogP contribution is 2.28. The summed E-state index contributed by atoms with van der Waals surface area (Å²) in [5, 5.41) is 4.59. The summed E-state index contributed by atoms with van der Waals surface area (Å²) in [5.74, 6) is 0. The van der Waals surface area contributed by atoms with Gasteiger partial charge in [0.1, 0.15) is 5.69 Å². The minimum atomic E-state index is 0.579. The molecule has 3 aromatic rings. The Morgan fingerprint density at radius 2 is 1.81 bits per heavy atom. The summed E-state index contributed by atoms with van der Waals surface area (Å²) >= 11 is 5.76. The van der Waals surface area contributed by atoms with Gasteiger partial charge >= 0.3 is 0 Å². The molecule has 0 N–H and O–H groups in total. The summed E-state index contributed by atoms with van der Waals surface area (Å²) in [5.41, 5.74) is 3.14. The first-order chi connectivity index (χ1) is 10.2. The van der Waals surface area contributed by atoms with Crippen LogP contribution in [0.1, 0.15) is 10.4 Å². The zero-order chi connectivity index (χ0) is 14.8. The summed E-state index contributed by atoms with van der Waals surface area (Å²) in [7, 11) is 0. The van der Waals surface area contributed by atoms with Crippen LogP contribution in [0.3, 0.4) is 0 Å². The van der Waals surface area contributed by atoms with Crippen molar-refractivity contribution in [3.8, 4) is 16.9 Å². The first kappa shape index (κ1) is 14.5. The fourth-order valence-corrected chi connectivity index (χ4v) is 3.21. The molecule has 0 atom stereocenters. The number of aldehydes is 1. The van der Waals surface area contributed by atoms with E-state index in [-0.39, 0.29) is 0 Å². The first-order valence-electron chi connectivity index (χ1n) is 6.25. The Kier molecular flexibility index (Phi) is 4.21. The van der Waals surface area contributed by atoms with Gasteiger partial charge in [-0.2, -0.15) is 5.10 Å². The summed E-state index contributed by atoms with van der Waals surface area (Å²) in [6.07, 6.45) is 2.60. The molecule has 3 nitrogen and oxygen atoms in total. The van der Waals surface area contributed by atoms with E-state index in [1.807, 2.05) is 48.5 Å². The Hall–Kier alpha value is -1.47. The summed E-state index contributed by atoms with van der Waals surface area (Å²) in [4.78, 5) is 11.4. The second kappa shape index (κ2) is 6.11. The molecule has 1 heterocycles. The predicted octanol–water partition coefficient (Wildman–Crippen LogP) is 4.72. The van der Waals surface area contributed by atoms with Gasteiger partial charge in [0.2, 0.25) is 0 Å². The second-order valence-electron chi connectivity index (χ2n) is 4.43. The quantitative estimate of drug-likeness (QED) is 0.425. The van der Waals surface area contributed by atoms with Gasteiger partial charge in [0.05, 0.1) is 11.3 Å². The van der Waals surface area contributed by atoms with Gasteiger partial charge in [-0.3, -0.25) is 4.79 Å². The maximum Gasteiger partial charge on any atom is 0.153 e. The Bertz CT molecular complexity index is 814. The molecule has 21 heavy (non-hydrogen) atoms. The molecule has 0 aliphatic carbocycles. The Morgan fingerprint density at radius 1 is 1.10 bits per heavy atom. The van der Waals surface area contributed by atoms with E-state index < -0.39 is 0 Å². The minimum Gasteiger partial charge on any atom is -0.298 e. The number of aromatic nitrogens is 2. The van der Waals surface area contributed by atoms with E-state index in [4.69, 9.17) is 0 Å². The van der Waals surface area contributed by atoms with Crippen LogP contribution in [0.5, 0.6) is 0 Å². The van der Waals surface area contributed by atoms with Crippen molar-refractivity contribution >= 4 is 44.8 Å². The normalized spacial score (nSPS) is 10.6. The molecule has 0 saturated heterocycles. The number of hydrogen-bond acceptors (Lipinski definition) is 2. The van der Waals surface area contributed by atoms with Crippen LogP contribution in [0, 0.1) is 3.57 Å². The van der Waals surface area contributed by atoms with Crippen molar-refractivity contribution in [3.63, 3.8) is 0 Å². The monoisotopic (exact) mass is 452 g/mol. The van der Waals surface area contributed by atoms with Gasteiger partial charge in [0.15, 0.2) is 6.29 Å². The smallest absolute Gasteiger partial charge is 0.153 e. The lowest BCUT2D eigenvalue weighted by Crippen LogP contribution is -1.96. The molecule has 0 radical (unpaired) electrons. The van der Waals surface area contributed by atoms with E-state index in [0.717, 1.165) is 25.6 Å². The van der Waals surface area contributed by atoms with Gasteiger partial charge in [-0.05, 0) is 56.7 Å². The van der Waals surface area contributed by atoms with Crippen molar-refractivity contribution in [2.45, 2.75) is 0 Å².